The highest BCUT2D eigenvalue weighted by molar-refractivity contribution is 6.06. The highest BCUT2D eigenvalue weighted by Crippen LogP contribution is 2.44. The number of carbonyl (C=O) groups is 3. The number of nitrogens with zero attached hydrogens (tertiary/aromatic N) is 3. The second-order valence-corrected chi connectivity index (χ2v) is 12.5. The lowest BCUT2D eigenvalue weighted by molar-refractivity contribution is -0.131. The number of carboxylic acid groups (broad SMARTS) is 1. The van der Waals surface area contributed by atoms with Crippen molar-refractivity contribution in [2.24, 2.45) is 7.05 Å². The van der Waals surface area contributed by atoms with Gasteiger partial charge in [-0.15, -0.1) is 0 Å². The molecule has 1 aliphatic carbocycles. The molecule has 232 valence electrons. The average Bonchev–Trinajstić information content (AvgIpc) is 3.76. The summed E-state index contributed by atoms with van der Waals surface area (Å²) in [7, 11) is 3.98. The Balaban J connectivity index is 1.29. The fourth-order valence-electron chi connectivity index (χ4n) is 6.88. The summed E-state index contributed by atoms with van der Waals surface area (Å²) in [5.74, 6) is -1.16. The molecular formula is C36H39N5O4. The van der Waals surface area contributed by atoms with Gasteiger partial charge in [0.15, 0.2) is 0 Å². The molecule has 4 aromatic rings. The van der Waals surface area contributed by atoms with Gasteiger partial charge in [-0.2, -0.15) is 0 Å². The first-order valence-corrected chi connectivity index (χ1v) is 15.5. The van der Waals surface area contributed by atoms with E-state index in [0.717, 1.165) is 46.8 Å². The Morgan fingerprint density at radius 1 is 1.02 bits per heavy atom. The highest BCUT2D eigenvalue weighted by atomic mass is 16.4. The largest absolute Gasteiger partial charge is 0.478 e. The molecule has 1 saturated carbocycles. The lowest BCUT2D eigenvalue weighted by Crippen LogP contribution is -2.58. The van der Waals surface area contributed by atoms with E-state index in [2.05, 4.69) is 33.4 Å². The number of fused-ring (bicyclic) bond motifs is 1. The van der Waals surface area contributed by atoms with E-state index in [4.69, 9.17) is 10.1 Å². The number of aliphatic carboxylic acids is 1. The number of aryl methyl sites for hydroxylation is 2. The number of rotatable bonds is 8. The smallest absolute Gasteiger partial charge is 0.328 e. The summed E-state index contributed by atoms with van der Waals surface area (Å²) in [5, 5.41) is 16.1. The first-order chi connectivity index (χ1) is 21.6. The van der Waals surface area contributed by atoms with Crippen LogP contribution in [-0.2, 0) is 16.6 Å². The Hall–Kier alpha value is -4.76. The van der Waals surface area contributed by atoms with E-state index in [-0.39, 0.29) is 11.8 Å². The third kappa shape index (κ3) is 6.13. The quantitative estimate of drug-likeness (QED) is 0.220. The lowest BCUT2D eigenvalue weighted by atomic mass is 9.92. The second-order valence-electron chi connectivity index (χ2n) is 12.5. The molecule has 0 unspecified atom stereocenters. The van der Waals surface area contributed by atoms with E-state index in [1.807, 2.05) is 44.2 Å². The van der Waals surface area contributed by atoms with E-state index in [1.165, 1.54) is 24.5 Å². The van der Waals surface area contributed by atoms with Crippen molar-refractivity contribution in [2.75, 3.05) is 25.5 Å². The fraction of sp³-hybridized carbons (Fsp3) is 0.333. The van der Waals surface area contributed by atoms with Crippen LogP contribution in [0, 0.1) is 6.92 Å². The molecule has 2 aliphatic rings. The van der Waals surface area contributed by atoms with Crippen molar-refractivity contribution >= 4 is 40.4 Å². The first-order valence-electron chi connectivity index (χ1n) is 15.5. The molecule has 45 heavy (non-hydrogen) atoms. The monoisotopic (exact) mass is 605 g/mol. The Bertz CT molecular complexity index is 1780. The van der Waals surface area contributed by atoms with Gasteiger partial charge in [0, 0.05) is 54.6 Å². The number of likely N-dealkylation sites (N-methyl/N-ethyl adjacent to an activating group) is 1. The van der Waals surface area contributed by atoms with Crippen LogP contribution in [0.3, 0.4) is 0 Å². The fourth-order valence-corrected chi connectivity index (χ4v) is 6.88. The van der Waals surface area contributed by atoms with Gasteiger partial charge in [0.05, 0.1) is 11.4 Å². The predicted molar refractivity (Wildman–Crippen MR) is 176 cm³/mol. The standard InChI is InChI=1S/C36H39N5O4/c1-23-8-16-29(37-21-23)33-32(25-6-4-5-7-25)28-15-12-26(20-30(28)41(33)3)34(44)39-36(18-19-40(2)22-36)35(45)38-27-13-9-24(10-14-27)11-17-31(42)43/h8-17,20-21,25H,4-7,18-19,22H2,1-3H3,(H,38,45)(H,39,44)(H,42,43)/b17-11+/t36-/m0/s1. The molecule has 6 rings (SSSR count). The van der Waals surface area contributed by atoms with E-state index in [9.17, 15) is 14.4 Å². The number of aromatic nitrogens is 2. The molecule has 2 aromatic heterocycles. The number of anilines is 1. The maximum absolute atomic E-state index is 13.9. The van der Waals surface area contributed by atoms with Crippen molar-refractivity contribution < 1.29 is 19.5 Å². The lowest BCUT2D eigenvalue weighted by Gasteiger charge is -2.29. The predicted octanol–water partition coefficient (Wildman–Crippen LogP) is 5.75. The topological polar surface area (TPSA) is 117 Å². The van der Waals surface area contributed by atoms with E-state index in [1.54, 1.807) is 24.3 Å². The minimum atomic E-state index is -1.11. The number of pyridine rings is 1. The van der Waals surface area contributed by atoms with Crippen molar-refractivity contribution in [1.82, 2.24) is 19.8 Å². The molecule has 0 radical (unpaired) electrons. The van der Waals surface area contributed by atoms with Crippen LogP contribution in [0.15, 0.2) is 66.9 Å². The summed E-state index contributed by atoms with van der Waals surface area (Å²) in [6.07, 6.45) is 9.65. The van der Waals surface area contributed by atoms with Gasteiger partial charge in [-0.05, 0) is 92.2 Å². The van der Waals surface area contributed by atoms with Gasteiger partial charge in [-0.3, -0.25) is 14.6 Å². The van der Waals surface area contributed by atoms with Crippen LogP contribution in [0.4, 0.5) is 5.69 Å². The molecule has 0 spiro atoms. The molecule has 0 bridgehead atoms. The summed E-state index contributed by atoms with van der Waals surface area (Å²) < 4.78 is 2.17. The van der Waals surface area contributed by atoms with Crippen molar-refractivity contribution in [1.29, 1.82) is 0 Å². The minimum absolute atomic E-state index is 0.287. The molecule has 2 aromatic carbocycles. The van der Waals surface area contributed by atoms with Crippen LogP contribution in [0.2, 0.25) is 0 Å². The van der Waals surface area contributed by atoms with Gasteiger partial charge in [-0.25, -0.2) is 4.79 Å². The summed E-state index contributed by atoms with van der Waals surface area (Å²) in [6, 6.07) is 16.9. The Morgan fingerprint density at radius 3 is 2.42 bits per heavy atom. The van der Waals surface area contributed by atoms with Gasteiger partial charge in [-0.1, -0.05) is 37.1 Å². The third-order valence-electron chi connectivity index (χ3n) is 9.25. The van der Waals surface area contributed by atoms with Crippen LogP contribution in [0.25, 0.3) is 28.4 Å². The zero-order valence-corrected chi connectivity index (χ0v) is 26.0. The van der Waals surface area contributed by atoms with Gasteiger partial charge < -0.3 is 25.2 Å². The van der Waals surface area contributed by atoms with Gasteiger partial charge in [0.2, 0.25) is 0 Å². The summed E-state index contributed by atoms with van der Waals surface area (Å²) in [6.45, 7) is 3.08. The summed E-state index contributed by atoms with van der Waals surface area (Å²) in [4.78, 5) is 45.2. The number of amides is 2. The average molecular weight is 606 g/mol. The minimum Gasteiger partial charge on any atom is -0.478 e. The number of benzene rings is 2. The van der Waals surface area contributed by atoms with Gasteiger partial charge in [0.25, 0.3) is 11.8 Å². The van der Waals surface area contributed by atoms with E-state index >= 15 is 0 Å². The van der Waals surface area contributed by atoms with Crippen LogP contribution < -0.4 is 10.6 Å². The second kappa shape index (κ2) is 12.3. The number of nitrogens with one attached hydrogen (secondary N) is 2. The maximum Gasteiger partial charge on any atom is 0.328 e. The zero-order valence-electron chi connectivity index (χ0n) is 26.0. The Morgan fingerprint density at radius 2 is 1.78 bits per heavy atom. The number of carboxylic acids is 1. The number of likely N-dealkylation sites (tertiary alicyclic amines) is 1. The SMILES string of the molecule is Cc1ccc(-c2c(C3CCCC3)c3ccc(C(=O)N[C@@]4(C(=O)Nc5ccc(/C=C/C(=O)O)cc5)CCN(C)C4)cc3n2C)nc1. The van der Waals surface area contributed by atoms with Crippen molar-refractivity contribution in [3.63, 3.8) is 0 Å². The summed E-state index contributed by atoms with van der Waals surface area (Å²) in [5.41, 5.74) is 6.09. The van der Waals surface area contributed by atoms with Crippen LogP contribution in [0.5, 0.6) is 0 Å². The normalized spacial score (nSPS) is 19.0. The maximum atomic E-state index is 13.9. The van der Waals surface area contributed by atoms with Crippen molar-refractivity contribution in [3.8, 4) is 11.4 Å². The Labute approximate surface area is 263 Å². The molecule has 9 heteroatoms. The van der Waals surface area contributed by atoms with Gasteiger partial charge >= 0.3 is 5.97 Å². The molecule has 1 saturated heterocycles. The van der Waals surface area contributed by atoms with Crippen LogP contribution >= 0.6 is 0 Å². The molecule has 1 aliphatic heterocycles. The molecule has 2 amide bonds. The number of carbonyl (C=O) groups excluding carboxylic acids is 2. The first kappa shape index (κ1) is 30.3. The van der Waals surface area contributed by atoms with Crippen molar-refractivity contribution in [2.45, 2.75) is 50.5 Å². The van der Waals surface area contributed by atoms with E-state index < -0.39 is 11.5 Å². The molecule has 3 N–H and O–H groups in total. The number of hydrogen-bond acceptors (Lipinski definition) is 5. The van der Waals surface area contributed by atoms with Crippen molar-refractivity contribution in [3.05, 3.63) is 89.1 Å². The van der Waals surface area contributed by atoms with Crippen LogP contribution in [-0.4, -0.2) is 63.0 Å². The summed E-state index contributed by atoms with van der Waals surface area (Å²) >= 11 is 0. The Kier molecular flexibility index (Phi) is 8.29. The number of hydrogen-bond donors (Lipinski definition) is 3. The molecule has 3 heterocycles. The molecule has 2 fully saturated rings. The molecule has 1 atom stereocenters. The highest BCUT2D eigenvalue weighted by Gasteiger charge is 2.45. The molecule has 9 nitrogen and oxygen atoms in total. The third-order valence-corrected chi connectivity index (χ3v) is 9.25. The molecular weight excluding hydrogens is 566 g/mol. The zero-order chi connectivity index (χ0) is 31.7. The van der Waals surface area contributed by atoms with E-state index in [0.29, 0.717) is 42.2 Å². The van der Waals surface area contributed by atoms with Crippen LogP contribution in [0.1, 0.15) is 65.1 Å². The van der Waals surface area contributed by atoms with Gasteiger partial charge in [0.1, 0.15) is 5.54 Å².